The lowest BCUT2D eigenvalue weighted by molar-refractivity contribution is 0.0107. The highest BCUT2D eigenvalue weighted by atomic mass is 16.5. The molecule has 2 unspecified atom stereocenters. The first-order valence-corrected chi connectivity index (χ1v) is 9.15. The summed E-state index contributed by atoms with van der Waals surface area (Å²) in [5.41, 5.74) is 2.90. The van der Waals surface area contributed by atoms with E-state index in [4.69, 9.17) is 4.74 Å². The Morgan fingerprint density at radius 2 is 2.04 bits per heavy atom. The van der Waals surface area contributed by atoms with Crippen molar-refractivity contribution < 1.29 is 14.6 Å². The van der Waals surface area contributed by atoms with Crippen LogP contribution in [0.2, 0.25) is 0 Å². The monoisotopic (exact) mass is 343 g/mol. The van der Waals surface area contributed by atoms with Crippen LogP contribution >= 0.6 is 0 Å². The fourth-order valence-electron chi connectivity index (χ4n) is 4.30. The zero-order chi connectivity index (χ0) is 18.5. The second-order valence-corrected chi connectivity index (χ2v) is 8.35. The molecule has 25 heavy (non-hydrogen) atoms. The van der Waals surface area contributed by atoms with E-state index in [-0.39, 0.29) is 29.2 Å². The molecule has 2 N–H and O–H groups in total. The van der Waals surface area contributed by atoms with E-state index in [1.807, 2.05) is 26.8 Å². The smallest absolute Gasteiger partial charge is 0.255 e. The number of phenols is 1. The molecule has 0 saturated heterocycles. The molecule has 4 heteroatoms. The van der Waals surface area contributed by atoms with Gasteiger partial charge in [-0.05, 0) is 66.0 Å². The Kier molecular flexibility index (Phi) is 4.34. The second-order valence-electron chi connectivity index (χ2n) is 8.35. The molecule has 1 aliphatic heterocycles. The number of nitrogens with one attached hydrogen (secondary N) is 1. The molecule has 0 aromatic heterocycles. The van der Waals surface area contributed by atoms with Crippen molar-refractivity contribution in [3.05, 3.63) is 34.4 Å². The number of amides is 1. The lowest BCUT2D eigenvalue weighted by atomic mass is 9.67. The number of hydrogen-bond acceptors (Lipinski definition) is 3. The molecular formula is C21H29NO3. The highest BCUT2D eigenvalue weighted by molar-refractivity contribution is 5.99. The van der Waals surface area contributed by atoms with Crippen LogP contribution in [0.3, 0.4) is 0 Å². The molecule has 136 valence electrons. The van der Waals surface area contributed by atoms with E-state index in [2.05, 4.69) is 32.2 Å². The summed E-state index contributed by atoms with van der Waals surface area (Å²) >= 11 is 0. The molecule has 1 aliphatic carbocycles. The predicted octanol–water partition coefficient (Wildman–Crippen LogP) is 4.45. The minimum atomic E-state index is -0.296. The number of fused-ring (bicyclic) bond motifs is 3. The predicted molar refractivity (Wildman–Crippen MR) is 99.4 cm³/mol. The molecule has 1 heterocycles. The third kappa shape index (κ3) is 3.03. The minimum Gasteiger partial charge on any atom is -0.507 e. The number of ether oxygens (including phenoxy) is 1. The molecule has 0 fully saturated rings. The highest BCUT2D eigenvalue weighted by Crippen LogP contribution is 2.54. The van der Waals surface area contributed by atoms with E-state index < -0.39 is 0 Å². The van der Waals surface area contributed by atoms with Gasteiger partial charge in [0.2, 0.25) is 0 Å². The van der Waals surface area contributed by atoms with Gasteiger partial charge >= 0.3 is 0 Å². The molecule has 3 rings (SSSR count). The SMILES string of the molecule is CC1=CC2c3c(cc(C)c(C(=O)NC(C)C)c3O)OC(C)(C)C2CC1. The van der Waals surface area contributed by atoms with E-state index in [9.17, 15) is 9.90 Å². The summed E-state index contributed by atoms with van der Waals surface area (Å²) in [4.78, 5) is 12.6. The van der Waals surface area contributed by atoms with Crippen molar-refractivity contribution >= 4 is 5.91 Å². The summed E-state index contributed by atoms with van der Waals surface area (Å²) in [6.07, 6.45) is 4.33. The van der Waals surface area contributed by atoms with E-state index in [0.717, 1.165) is 24.0 Å². The van der Waals surface area contributed by atoms with Crippen molar-refractivity contribution in [2.24, 2.45) is 5.92 Å². The van der Waals surface area contributed by atoms with E-state index >= 15 is 0 Å². The maximum atomic E-state index is 12.6. The number of phenolic OH excluding ortho intramolecular Hbond substituents is 1. The van der Waals surface area contributed by atoms with Gasteiger partial charge in [0.15, 0.2) is 0 Å². The zero-order valence-electron chi connectivity index (χ0n) is 16.1. The standard InChI is InChI=1S/C21H29NO3/c1-11(2)22-20(24)17-13(4)10-16-18(19(17)23)14-9-12(3)7-8-15(14)21(5,6)25-16/h9-11,14-15,23H,7-8H2,1-6H3,(H,22,24). The van der Waals surface area contributed by atoms with Gasteiger partial charge in [-0.15, -0.1) is 0 Å². The molecule has 0 radical (unpaired) electrons. The van der Waals surface area contributed by atoms with E-state index in [1.165, 1.54) is 5.57 Å². The molecule has 0 saturated carbocycles. The summed E-state index contributed by atoms with van der Waals surface area (Å²) in [7, 11) is 0. The van der Waals surface area contributed by atoms with Crippen molar-refractivity contribution in [3.8, 4) is 11.5 Å². The normalized spacial score (nSPS) is 24.0. The Labute approximate surface area is 150 Å². The van der Waals surface area contributed by atoms with Crippen LogP contribution in [0.15, 0.2) is 17.7 Å². The Hall–Kier alpha value is -1.97. The maximum Gasteiger partial charge on any atom is 0.255 e. The number of carbonyl (C=O) groups is 1. The van der Waals surface area contributed by atoms with Crippen LogP contribution in [0.5, 0.6) is 11.5 Å². The molecule has 4 nitrogen and oxygen atoms in total. The zero-order valence-corrected chi connectivity index (χ0v) is 16.1. The molecule has 1 aromatic rings. The number of carbonyl (C=O) groups excluding carboxylic acids is 1. The fourth-order valence-corrected chi connectivity index (χ4v) is 4.30. The van der Waals surface area contributed by atoms with Gasteiger partial charge in [0.25, 0.3) is 5.91 Å². The van der Waals surface area contributed by atoms with Crippen LogP contribution in [0.1, 0.15) is 74.9 Å². The van der Waals surface area contributed by atoms with Gasteiger partial charge in [-0.2, -0.15) is 0 Å². The summed E-state index contributed by atoms with van der Waals surface area (Å²) in [6, 6.07) is 1.92. The molecular weight excluding hydrogens is 314 g/mol. The van der Waals surface area contributed by atoms with Crippen LogP contribution in [0.25, 0.3) is 0 Å². The van der Waals surface area contributed by atoms with Crippen LogP contribution in [-0.4, -0.2) is 22.7 Å². The van der Waals surface area contributed by atoms with E-state index in [0.29, 0.717) is 17.2 Å². The molecule has 0 spiro atoms. The number of allylic oxidation sites excluding steroid dienone is 2. The average Bonchev–Trinajstić information content (AvgIpc) is 2.44. The summed E-state index contributed by atoms with van der Waals surface area (Å²) < 4.78 is 6.28. The minimum absolute atomic E-state index is 0.0158. The fraction of sp³-hybridized carbons (Fsp3) is 0.571. The third-order valence-corrected chi connectivity index (χ3v) is 5.49. The van der Waals surface area contributed by atoms with Crippen LogP contribution in [-0.2, 0) is 0 Å². The van der Waals surface area contributed by atoms with Crippen molar-refractivity contribution in [2.45, 2.75) is 71.9 Å². The first kappa shape index (κ1) is 17.8. The molecule has 2 atom stereocenters. The van der Waals surface area contributed by atoms with Gasteiger partial charge < -0.3 is 15.2 Å². The number of rotatable bonds is 2. The molecule has 2 aliphatic rings. The average molecular weight is 343 g/mol. The van der Waals surface area contributed by atoms with Gasteiger partial charge in [-0.3, -0.25) is 4.79 Å². The quantitative estimate of drug-likeness (QED) is 0.780. The van der Waals surface area contributed by atoms with E-state index in [1.54, 1.807) is 0 Å². The van der Waals surface area contributed by atoms with Crippen LogP contribution in [0.4, 0.5) is 0 Å². The number of hydrogen-bond donors (Lipinski definition) is 2. The lowest BCUT2D eigenvalue weighted by Gasteiger charge is -2.46. The first-order chi connectivity index (χ1) is 11.6. The topological polar surface area (TPSA) is 58.6 Å². The number of benzene rings is 1. The van der Waals surface area contributed by atoms with Gasteiger partial charge in [0, 0.05) is 23.4 Å². The Morgan fingerprint density at radius 3 is 2.68 bits per heavy atom. The Balaban J connectivity index is 2.18. The molecule has 1 aromatic carbocycles. The van der Waals surface area contributed by atoms with Gasteiger partial charge in [0.1, 0.15) is 17.1 Å². The lowest BCUT2D eigenvalue weighted by Crippen LogP contribution is -2.45. The van der Waals surface area contributed by atoms with Crippen molar-refractivity contribution in [3.63, 3.8) is 0 Å². The molecule has 0 bridgehead atoms. The van der Waals surface area contributed by atoms with Gasteiger partial charge in [-0.1, -0.05) is 11.6 Å². The summed E-state index contributed by atoms with van der Waals surface area (Å²) in [5.74, 6) is 0.917. The number of aryl methyl sites for hydroxylation is 1. The highest BCUT2D eigenvalue weighted by Gasteiger charge is 2.46. The molecule has 1 amide bonds. The maximum absolute atomic E-state index is 12.6. The summed E-state index contributed by atoms with van der Waals surface area (Å²) in [6.45, 7) is 12.0. The van der Waals surface area contributed by atoms with Crippen LogP contribution in [0, 0.1) is 12.8 Å². The second kappa shape index (κ2) is 6.08. The third-order valence-electron chi connectivity index (χ3n) is 5.49. The van der Waals surface area contributed by atoms with Crippen molar-refractivity contribution in [1.29, 1.82) is 0 Å². The Bertz CT molecular complexity index is 746. The van der Waals surface area contributed by atoms with Crippen LogP contribution < -0.4 is 10.1 Å². The van der Waals surface area contributed by atoms with Gasteiger partial charge in [-0.25, -0.2) is 0 Å². The van der Waals surface area contributed by atoms with Gasteiger partial charge in [0.05, 0.1) is 5.56 Å². The van der Waals surface area contributed by atoms with Crippen molar-refractivity contribution in [1.82, 2.24) is 5.32 Å². The number of aromatic hydroxyl groups is 1. The first-order valence-electron chi connectivity index (χ1n) is 9.15. The largest absolute Gasteiger partial charge is 0.507 e. The van der Waals surface area contributed by atoms with Crippen molar-refractivity contribution in [2.75, 3.05) is 0 Å². The Morgan fingerprint density at radius 1 is 1.36 bits per heavy atom. The summed E-state index contributed by atoms with van der Waals surface area (Å²) in [5, 5.41) is 13.9.